The third kappa shape index (κ3) is 3.95. The molecule has 0 bridgehead atoms. The summed E-state index contributed by atoms with van der Waals surface area (Å²) in [5.41, 5.74) is 2.04. The van der Waals surface area contributed by atoms with Gasteiger partial charge in [0, 0.05) is 18.3 Å². The average Bonchev–Trinajstić information content (AvgIpc) is 3.35. The molecule has 0 fully saturated rings. The second-order valence-corrected chi connectivity index (χ2v) is 6.69. The van der Waals surface area contributed by atoms with E-state index in [-0.39, 0.29) is 5.91 Å². The Hall–Kier alpha value is -3.88. The van der Waals surface area contributed by atoms with Gasteiger partial charge >= 0.3 is 0 Å². The first-order valence-corrected chi connectivity index (χ1v) is 9.46. The maximum absolute atomic E-state index is 13.3. The molecule has 1 amide bonds. The molecule has 30 heavy (non-hydrogen) atoms. The molecule has 0 aliphatic rings. The van der Waals surface area contributed by atoms with Crippen molar-refractivity contribution in [2.75, 3.05) is 5.32 Å². The van der Waals surface area contributed by atoms with E-state index in [2.05, 4.69) is 25.5 Å². The number of nitrogens with zero attached hydrogens (tertiary/aromatic N) is 5. The largest absolute Gasteiger partial charge is 0.334 e. The van der Waals surface area contributed by atoms with E-state index < -0.39 is 5.82 Å². The van der Waals surface area contributed by atoms with Gasteiger partial charge in [-0.05, 0) is 43.7 Å². The zero-order valence-electron chi connectivity index (χ0n) is 16.5. The summed E-state index contributed by atoms with van der Waals surface area (Å²) >= 11 is 0. The van der Waals surface area contributed by atoms with Crippen molar-refractivity contribution < 1.29 is 13.7 Å². The standard InChI is InChI=1S/C21H19FN6O2/c1-3-5-18-26-21(30-27-18)14-8-9-19(23-11-14)28-13(2)17(12-24-28)20(29)25-16-7-4-6-15(22)10-16/h4,6-12H,3,5H2,1-2H3,(H,25,29). The maximum atomic E-state index is 13.3. The van der Waals surface area contributed by atoms with Gasteiger partial charge in [-0.25, -0.2) is 14.1 Å². The highest BCUT2D eigenvalue weighted by atomic mass is 19.1. The van der Waals surface area contributed by atoms with Crippen molar-refractivity contribution >= 4 is 11.6 Å². The van der Waals surface area contributed by atoms with Crippen LogP contribution in [0.1, 0.15) is 35.2 Å². The van der Waals surface area contributed by atoms with E-state index in [1.807, 2.05) is 6.92 Å². The third-order valence-corrected chi connectivity index (χ3v) is 4.49. The van der Waals surface area contributed by atoms with Crippen LogP contribution in [0.5, 0.6) is 0 Å². The number of carbonyl (C=O) groups is 1. The minimum absolute atomic E-state index is 0.367. The van der Waals surface area contributed by atoms with Crippen LogP contribution in [0.25, 0.3) is 17.3 Å². The molecule has 4 rings (SSSR count). The fourth-order valence-corrected chi connectivity index (χ4v) is 2.96. The van der Waals surface area contributed by atoms with Gasteiger partial charge in [-0.3, -0.25) is 4.79 Å². The monoisotopic (exact) mass is 406 g/mol. The molecular formula is C21H19FN6O2. The van der Waals surface area contributed by atoms with Crippen molar-refractivity contribution in [1.82, 2.24) is 24.9 Å². The Morgan fingerprint density at radius 3 is 2.83 bits per heavy atom. The fourth-order valence-electron chi connectivity index (χ4n) is 2.96. The summed E-state index contributed by atoms with van der Waals surface area (Å²) in [7, 11) is 0. The molecule has 8 nitrogen and oxygen atoms in total. The number of aromatic nitrogens is 5. The van der Waals surface area contributed by atoms with E-state index in [1.165, 1.54) is 24.4 Å². The molecule has 152 valence electrons. The molecule has 3 aromatic heterocycles. The van der Waals surface area contributed by atoms with Crippen LogP contribution in [0.4, 0.5) is 10.1 Å². The van der Waals surface area contributed by atoms with Crippen LogP contribution in [-0.2, 0) is 6.42 Å². The summed E-state index contributed by atoms with van der Waals surface area (Å²) in [4.78, 5) is 21.3. The maximum Gasteiger partial charge on any atom is 0.259 e. The highest BCUT2D eigenvalue weighted by molar-refractivity contribution is 6.04. The van der Waals surface area contributed by atoms with Crippen LogP contribution in [0.2, 0.25) is 0 Å². The second kappa shape index (κ2) is 8.24. The number of aryl methyl sites for hydroxylation is 1. The van der Waals surface area contributed by atoms with Crippen molar-refractivity contribution in [2.45, 2.75) is 26.7 Å². The van der Waals surface area contributed by atoms with Gasteiger partial charge in [0.1, 0.15) is 5.82 Å². The Labute approximate surface area is 171 Å². The van der Waals surface area contributed by atoms with Gasteiger partial charge in [-0.2, -0.15) is 10.1 Å². The van der Waals surface area contributed by atoms with Gasteiger partial charge in [0.15, 0.2) is 11.6 Å². The van der Waals surface area contributed by atoms with E-state index in [9.17, 15) is 9.18 Å². The first-order valence-electron chi connectivity index (χ1n) is 9.46. The van der Waals surface area contributed by atoms with Gasteiger partial charge in [0.25, 0.3) is 11.8 Å². The van der Waals surface area contributed by atoms with Crippen LogP contribution in [-0.4, -0.2) is 30.8 Å². The van der Waals surface area contributed by atoms with Crippen LogP contribution < -0.4 is 5.32 Å². The Morgan fingerprint density at radius 2 is 2.10 bits per heavy atom. The zero-order chi connectivity index (χ0) is 21.1. The van der Waals surface area contributed by atoms with E-state index in [4.69, 9.17) is 4.52 Å². The van der Waals surface area contributed by atoms with E-state index in [0.29, 0.717) is 40.0 Å². The minimum atomic E-state index is -0.424. The molecule has 9 heteroatoms. The number of nitrogens with one attached hydrogen (secondary N) is 1. The Morgan fingerprint density at radius 1 is 1.23 bits per heavy atom. The molecule has 0 atom stereocenters. The van der Waals surface area contributed by atoms with Crippen LogP contribution in [0.15, 0.2) is 53.3 Å². The molecule has 0 aliphatic carbocycles. The van der Waals surface area contributed by atoms with Gasteiger partial charge in [0.2, 0.25) is 0 Å². The number of carbonyl (C=O) groups excluding carboxylic acids is 1. The van der Waals surface area contributed by atoms with E-state index in [0.717, 1.165) is 12.8 Å². The lowest BCUT2D eigenvalue weighted by molar-refractivity contribution is 0.102. The van der Waals surface area contributed by atoms with Crippen molar-refractivity contribution in [3.05, 3.63) is 71.7 Å². The number of hydrogen-bond acceptors (Lipinski definition) is 6. The molecule has 0 saturated heterocycles. The molecule has 3 heterocycles. The molecule has 4 aromatic rings. The van der Waals surface area contributed by atoms with E-state index in [1.54, 1.807) is 36.0 Å². The van der Waals surface area contributed by atoms with Crippen LogP contribution in [0.3, 0.4) is 0 Å². The number of halogens is 1. The lowest BCUT2D eigenvalue weighted by Crippen LogP contribution is -2.13. The first kappa shape index (κ1) is 19.4. The predicted octanol–water partition coefficient (Wildman–Crippen LogP) is 3.97. The number of hydrogen-bond donors (Lipinski definition) is 1. The van der Waals surface area contributed by atoms with Crippen molar-refractivity contribution in [3.63, 3.8) is 0 Å². The molecule has 1 N–H and O–H groups in total. The molecule has 0 radical (unpaired) electrons. The predicted molar refractivity (Wildman–Crippen MR) is 108 cm³/mol. The molecule has 0 spiro atoms. The van der Waals surface area contributed by atoms with Gasteiger partial charge in [-0.1, -0.05) is 18.1 Å². The highest BCUT2D eigenvalue weighted by Crippen LogP contribution is 2.20. The van der Waals surface area contributed by atoms with Gasteiger partial charge in [0.05, 0.1) is 23.0 Å². The van der Waals surface area contributed by atoms with E-state index >= 15 is 0 Å². The minimum Gasteiger partial charge on any atom is -0.334 e. The van der Waals surface area contributed by atoms with Crippen molar-refractivity contribution in [1.29, 1.82) is 0 Å². The Bertz CT molecular complexity index is 1180. The summed E-state index contributed by atoms with van der Waals surface area (Å²) in [5.74, 6) is 0.801. The Balaban J connectivity index is 1.53. The topological polar surface area (TPSA) is 98.7 Å². The highest BCUT2D eigenvalue weighted by Gasteiger charge is 2.17. The van der Waals surface area contributed by atoms with Crippen LogP contribution >= 0.6 is 0 Å². The molecular weight excluding hydrogens is 387 g/mol. The van der Waals surface area contributed by atoms with Gasteiger partial charge in [-0.15, -0.1) is 0 Å². The summed E-state index contributed by atoms with van der Waals surface area (Å²) in [5, 5.41) is 10.9. The number of pyridine rings is 1. The first-order chi connectivity index (χ1) is 14.5. The SMILES string of the molecule is CCCc1noc(-c2ccc(-n3ncc(C(=O)Nc4cccc(F)c4)c3C)nc2)n1. The van der Waals surface area contributed by atoms with Crippen molar-refractivity contribution in [2.24, 2.45) is 0 Å². The fraction of sp³-hybridized carbons (Fsp3) is 0.190. The van der Waals surface area contributed by atoms with Gasteiger partial charge < -0.3 is 9.84 Å². The third-order valence-electron chi connectivity index (χ3n) is 4.49. The zero-order valence-corrected chi connectivity index (χ0v) is 16.5. The lowest BCUT2D eigenvalue weighted by Gasteiger charge is -2.06. The smallest absolute Gasteiger partial charge is 0.259 e. The lowest BCUT2D eigenvalue weighted by atomic mass is 10.2. The average molecular weight is 406 g/mol. The summed E-state index contributed by atoms with van der Waals surface area (Å²) in [6.45, 7) is 3.81. The molecule has 0 unspecified atom stereocenters. The molecule has 0 aliphatic heterocycles. The normalized spacial score (nSPS) is 10.9. The molecule has 0 saturated carbocycles. The van der Waals surface area contributed by atoms with Crippen LogP contribution in [0, 0.1) is 12.7 Å². The summed E-state index contributed by atoms with van der Waals surface area (Å²) in [6.07, 6.45) is 4.76. The number of rotatable bonds is 6. The Kier molecular flexibility index (Phi) is 5.34. The number of benzene rings is 1. The molecule has 1 aromatic carbocycles. The second-order valence-electron chi connectivity index (χ2n) is 6.69. The number of anilines is 1. The van der Waals surface area contributed by atoms with Crippen molar-refractivity contribution in [3.8, 4) is 17.3 Å². The quantitative estimate of drug-likeness (QED) is 0.520. The number of amides is 1. The summed E-state index contributed by atoms with van der Waals surface area (Å²) in [6, 6.07) is 9.27. The summed E-state index contributed by atoms with van der Waals surface area (Å²) < 4.78 is 20.2.